The number of aliphatic hydroxyl groups is 5. The Kier molecular flexibility index (Phi) is 22.6. The van der Waals surface area contributed by atoms with Crippen molar-refractivity contribution in [1.82, 2.24) is 59.5 Å². The molecule has 0 spiro atoms. The maximum atomic E-state index is 12.5. The van der Waals surface area contributed by atoms with E-state index in [-0.39, 0.29) is 29.7 Å². The molecule has 0 radical (unpaired) electrons. The number of aryl methyl sites for hydroxylation is 2. The highest BCUT2D eigenvalue weighted by Crippen LogP contribution is 2.35. The molecule has 4 aliphatic heterocycles. The minimum atomic E-state index is -1.43. The van der Waals surface area contributed by atoms with Crippen LogP contribution in [0.4, 0.5) is 32.6 Å². The Labute approximate surface area is 504 Å². The molecular formula is C56H76N16O16. The first-order chi connectivity index (χ1) is 42.4. The highest BCUT2D eigenvalue weighted by molar-refractivity contribution is 5.84. The fourth-order valence-electron chi connectivity index (χ4n) is 10.8. The van der Waals surface area contributed by atoms with Crippen molar-refractivity contribution < 1.29 is 73.8 Å². The zero-order valence-electron chi connectivity index (χ0n) is 48.9. The molecule has 32 nitrogen and oxygen atoms in total. The number of nitrogens with one attached hydrogen (secondary N) is 3. The summed E-state index contributed by atoms with van der Waals surface area (Å²) in [5, 5.41) is 74.5. The summed E-state index contributed by atoms with van der Waals surface area (Å²) in [7, 11) is 0. The molecule has 476 valence electrons. The van der Waals surface area contributed by atoms with E-state index < -0.39 is 78.0 Å². The molecule has 2 unspecified atom stereocenters. The average Bonchev–Trinajstić information content (AvgIpc) is 2.10. The van der Waals surface area contributed by atoms with Crippen LogP contribution < -0.4 is 37.1 Å². The number of nitrogen functional groups attached to an aromatic ring is 2. The van der Waals surface area contributed by atoms with Crippen LogP contribution in [-0.2, 0) is 31.9 Å². The number of aromatic nitrogens is 8. The van der Waals surface area contributed by atoms with Crippen LogP contribution in [0.1, 0.15) is 96.2 Å². The van der Waals surface area contributed by atoms with E-state index in [2.05, 4.69) is 40.5 Å². The number of non-ortho nitro benzene ring substituents is 1. The number of ether oxygens (including phenoxy) is 4. The fraction of sp³-hybridized carbons (Fsp3) is 0.536. The molecule has 4 saturated heterocycles. The summed E-state index contributed by atoms with van der Waals surface area (Å²) in [6.45, 7) is 8.40. The van der Waals surface area contributed by atoms with Crippen molar-refractivity contribution in [2.24, 2.45) is 11.8 Å². The molecule has 0 bridgehead atoms. The molecule has 88 heavy (non-hydrogen) atoms. The third-order valence-corrected chi connectivity index (χ3v) is 15.4. The number of carbonyl (C=O) groups is 4. The van der Waals surface area contributed by atoms with Crippen molar-refractivity contribution in [1.29, 1.82) is 0 Å². The smallest absolute Gasteiger partial charge is 0.410 e. The summed E-state index contributed by atoms with van der Waals surface area (Å²) in [5.41, 5.74) is 16.1. The third-order valence-electron chi connectivity index (χ3n) is 15.4. The van der Waals surface area contributed by atoms with Crippen molar-refractivity contribution in [2.75, 3.05) is 62.8 Å². The van der Waals surface area contributed by atoms with Crippen molar-refractivity contribution in [2.45, 2.75) is 134 Å². The Morgan fingerprint density at radius 1 is 0.636 bits per heavy atom. The van der Waals surface area contributed by atoms with E-state index in [9.17, 15) is 49.7 Å². The van der Waals surface area contributed by atoms with E-state index in [1.54, 1.807) is 54.8 Å². The molecule has 4 amide bonds. The fourth-order valence-corrected chi connectivity index (χ4v) is 10.8. The SMILES string of the molecule is CCNC(=O)[C@H]1O[C@@H](n2cnc3c(N)nc(CCCC4CCN(C(=O)Oc5ccc(NO)cc5)CC4)nc32)[C@@H](O)C1O.CCNC(=O)[C@H]1O[C@@H](n2cnc3c(N)nc(CCCC4CCN(C(=O)Oc5ccc([N+](=O)[O-])cc5)CC4)nc32)[C@@H](O)C1O.CCO. The number of nitro benzene ring substituents is 1. The van der Waals surface area contributed by atoms with Crippen LogP contribution in [0.3, 0.4) is 0 Å². The standard InChI is InChI=1S/C27H34N8O8.C27H36N8O7.C2H6O/c1-2-29-25(38)22-20(36)21(37)26(43-22)34-14-30-19-23(28)31-18(32-24(19)34)5-3-4-15-10-12-33(13-11-15)27(39)42-17-8-6-16(7-9-17)35(40)41;1-2-29-25(38)22-20(36)21(37)26(42-22)35-14-30-19-23(28)31-18(32-24(19)35)5-3-4-15-10-12-34(13-11-15)27(39)41-17-8-6-16(33-40)7-9-17;1-2-3/h6-9,14-15,20-22,26,36-37H,2-5,10-13H2,1H3,(H,29,38)(H2,28,31,32);6-9,14-15,20-22,26,33,36-37,40H,2-5,10-13H2,1H3,(H,29,38)(H2,28,31,32);3H,2H2,1H3/t2*20?,21-,22-,26+;/m00./s1. The van der Waals surface area contributed by atoms with Gasteiger partial charge in [0.1, 0.15) is 58.6 Å². The van der Waals surface area contributed by atoms with E-state index in [4.69, 9.17) is 40.7 Å². The molecule has 6 aromatic rings. The van der Waals surface area contributed by atoms with Crippen molar-refractivity contribution >= 4 is 69.3 Å². The van der Waals surface area contributed by atoms with Gasteiger partial charge in [0.25, 0.3) is 17.5 Å². The van der Waals surface area contributed by atoms with Crippen LogP contribution in [0.5, 0.6) is 11.5 Å². The van der Waals surface area contributed by atoms with Gasteiger partial charge in [-0.15, -0.1) is 0 Å². The van der Waals surface area contributed by atoms with Gasteiger partial charge >= 0.3 is 12.2 Å². The topological polar surface area (TPSA) is 452 Å². The number of nitrogens with two attached hydrogens (primary N) is 2. The van der Waals surface area contributed by atoms with Gasteiger partial charge < -0.3 is 76.4 Å². The molecule has 4 fully saturated rings. The normalized spacial score (nSPS) is 22.1. The van der Waals surface area contributed by atoms with Gasteiger partial charge in [-0.3, -0.25) is 39.5 Å². The molecule has 0 aliphatic carbocycles. The quantitative estimate of drug-likeness (QED) is 0.0435. The number of nitro groups is 1. The molecule has 32 heteroatoms. The number of nitrogens with zero attached hydrogens (tertiary/aromatic N) is 11. The number of rotatable bonds is 18. The highest BCUT2D eigenvalue weighted by Gasteiger charge is 2.49. The zero-order chi connectivity index (χ0) is 63.2. The average molecular weight is 1230 g/mol. The minimum absolute atomic E-state index is 0.0767. The van der Waals surface area contributed by atoms with Crippen LogP contribution in [0.2, 0.25) is 0 Å². The van der Waals surface area contributed by atoms with E-state index in [0.29, 0.717) is 109 Å². The number of likely N-dealkylation sites (N-methyl/N-ethyl adjacent to an activating group) is 2. The summed E-state index contributed by atoms with van der Waals surface area (Å²) in [6, 6.07) is 11.8. The van der Waals surface area contributed by atoms with E-state index >= 15 is 0 Å². The number of hydrogen-bond acceptors (Lipinski definition) is 25. The van der Waals surface area contributed by atoms with Crippen LogP contribution in [0.25, 0.3) is 22.3 Å². The predicted octanol–water partition coefficient (Wildman–Crippen LogP) is 2.50. The second-order valence-electron chi connectivity index (χ2n) is 21.4. The Hall–Kier alpha value is -8.50. The van der Waals surface area contributed by atoms with Gasteiger partial charge in [0.2, 0.25) is 0 Å². The lowest BCUT2D eigenvalue weighted by Gasteiger charge is -2.31. The molecule has 8 heterocycles. The molecule has 8 atom stereocenters. The molecule has 4 aromatic heterocycles. The number of imidazole rings is 2. The van der Waals surface area contributed by atoms with Gasteiger partial charge in [-0.05, 0) is 120 Å². The Morgan fingerprint density at radius 3 is 1.39 bits per heavy atom. The molecule has 2 aromatic carbocycles. The van der Waals surface area contributed by atoms with Gasteiger partial charge in [-0.25, -0.2) is 39.5 Å². The third kappa shape index (κ3) is 15.8. The number of likely N-dealkylation sites (tertiary alicyclic amines) is 2. The number of hydrogen-bond donors (Lipinski definition) is 11. The van der Waals surface area contributed by atoms with E-state index in [1.807, 2.05) is 5.48 Å². The van der Waals surface area contributed by atoms with E-state index in [0.717, 1.165) is 51.4 Å². The molecular weight excluding hydrogens is 1150 g/mol. The first-order valence-electron chi connectivity index (χ1n) is 29.2. The van der Waals surface area contributed by atoms with E-state index in [1.165, 1.54) is 46.1 Å². The van der Waals surface area contributed by atoms with Gasteiger partial charge in [0, 0.05) is 70.8 Å². The Balaban J connectivity index is 0.000000218. The maximum Gasteiger partial charge on any atom is 0.415 e. The molecule has 0 saturated carbocycles. The van der Waals surface area contributed by atoms with Gasteiger partial charge in [-0.1, -0.05) is 0 Å². The van der Waals surface area contributed by atoms with Crippen molar-refractivity contribution in [3.8, 4) is 11.5 Å². The van der Waals surface area contributed by atoms with Crippen molar-refractivity contribution in [3.63, 3.8) is 0 Å². The van der Waals surface area contributed by atoms with Crippen LogP contribution in [0, 0.1) is 22.0 Å². The van der Waals surface area contributed by atoms with Gasteiger partial charge in [0.05, 0.1) is 23.3 Å². The first-order valence-corrected chi connectivity index (χ1v) is 29.2. The van der Waals surface area contributed by atoms with Gasteiger partial charge in [-0.2, -0.15) is 0 Å². The lowest BCUT2D eigenvalue weighted by molar-refractivity contribution is -0.384. The summed E-state index contributed by atoms with van der Waals surface area (Å²) >= 11 is 0. The largest absolute Gasteiger partial charge is 0.415 e. The summed E-state index contributed by atoms with van der Waals surface area (Å²) in [4.78, 5) is 89.7. The summed E-state index contributed by atoms with van der Waals surface area (Å²) < 4.78 is 25.2. The number of aliphatic hydroxyl groups excluding tert-OH is 5. The Bertz CT molecular complexity index is 3320. The van der Waals surface area contributed by atoms with Gasteiger partial charge in [0.15, 0.2) is 47.6 Å². The molecule has 10 rings (SSSR count). The van der Waals surface area contributed by atoms with Crippen LogP contribution in [-0.4, -0.2) is 191 Å². The predicted molar refractivity (Wildman–Crippen MR) is 313 cm³/mol. The monoisotopic (exact) mass is 1230 g/mol. The number of carbonyl (C=O) groups excluding carboxylic acids is 4. The molecule has 13 N–H and O–H groups in total. The minimum Gasteiger partial charge on any atom is -0.410 e. The summed E-state index contributed by atoms with van der Waals surface area (Å²) in [5.74, 6) is 1.82. The summed E-state index contributed by atoms with van der Waals surface area (Å²) in [6.07, 6.45) is -0.545. The number of piperidine rings is 2. The van der Waals surface area contributed by atoms with Crippen molar-refractivity contribution in [3.05, 3.63) is 82.9 Å². The number of anilines is 3. The highest BCUT2D eigenvalue weighted by atomic mass is 16.6. The second kappa shape index (κ2) is 30.4. The van der Waals surface area contributed by atoms with Crippen LogP contribution >= 0.6 is 0 Å². The zero-order valence-corrected chi connectivity index (χ0v) is 48.9. The van der Waals surface area contributed by atoms with Crippen LogP contribution in [0.15, 0.2) is 61.2 Å². The molecule has 4 aliphatic rings. The first kappa shape index (κ1) is 65.5. The lowest BCUT2D eigenvalue weighted by atomic mass is 9.91. The maximum absolute atomic E-state index is 12.5. The number of amides is 4. The second-order valence-corrected chi connectivity index (χ2v) is 21.4. The lowest BCUT2D eigenvalue weighted by Crippen LogP contribution is -2.42. The number of benzene rings is 2. The number of fused-ring (bicyclic) bond motifs is 2. The Morgan fingerprint density at radius 2 is 1.02 bits per heavy atom.